The van der Waals surface area contributed by atoms with Crippen molar-refractivity contribution in [2.75, 3.05) is 39.1 Å². The van der Waals surface area contributed by atoms with Gasteiger partial charge in [-0.2, -0.15) is 5.26 Å². The molecule has 8 heteroatoms. The van der Waals surface area contributed by atoms with Crippen molar-refractivity contribution in [3.63, 3.8) is 0 Å². The summed E-state index contributed by atoms with van der Waals surface area (Å²) in [5.74, 6) is 0.188. The Morgan fingerprint density at radius 1 is 1.08 bits per heavy atom. The molecule has 3 heterocycles. The molecule has 7 nitrogen and oxygen atoms in total. The lowest BCUT2D eigenvalue weighted by Gasteiger charge is -2.24. The first-order chi connectivity index (χ1) is 18.7. The molecular weight excluding hydrogens is 491 g/mol. The fourth-order valence-electron chi connectivity index (χ4n) is 5.31. The zero-order valence-corrected chi connectivity index (χ0v) is 22.6. The first-order valence-corrected chi connectivity index (χ1v) is 13.0. The summed E-state index contributed by atoms with van der Waals surface area (Å²) in [5, 5.41) is 13.6. The third-order valence-corrected chi connectivity index (χ3v) is 7.17. The van der Waals surface area contributed by atoms with Crippen molar-refractivity contribution in [3.05, 3.63) is 77.4 Å². The molecule has 0 unspecified atom stereocenters. The second-order valence-corrected chi connectivity index (χ2v) is 10.4. The molecule has 5 rings (SSSR count). The summed E-state index contributed by atoms with van der Waals surface area (Å²) in [6.07, 6.45) is 5.32. The zero-order chi connectivity index (χ0) is 27.7. The molecule has 0 aliphatic carbocycles. The molecule has 1 aliphatic heterocycles. The fourth-order valence-corrected chi connectivity index (χ4v) is 5.31. The third-order valence-electron chi connectivity index (χ3n) is 7.17. The molecule has 1 atom stereocenters. The average Bonchev–Trinajstić information content (AvgIpc) is 3.43. The number of fused-ring (bicyclic) bond motifs is 1. The highest BCUT2D eigenvalue weighted by atomic mass is 19.1. The lowest BCUT2D eigenvalue weighted by atomic mass is 9.93. The van der Waals surface area contributed by atoms with Gasteiger partial charge in [0.15, 0.2) is 0 Å². The van der Waals surface area contributed by atoms with Crippen molar-refractivity contribution < 1.29 is 9.18 Å². The lowest BCUT2D eigenvalue weighted by Crippen LogP contribution is -2.38. The molecule has 0 spiro atoms. The van der Waals surface area contributed by atoms with E-state index < -0.39 is 0 Å². The van der Waals surface area contributed by atoms with E-state index in [1.165, 1.54) is 12.1 Å². The molecule has 1 fully saturated rings. The Morgan fingerprint density at radius 3 is 2.59 bits per heavy atom. The van der Waals surface area contributed by atoms with Crippen LogP contribution in [0.25, 0.3) is 33.2 Å². The van der Waals surface area contributed by atoms with E-state index in [0.717, 1.165) is 36.1 Å². The van der Waals surface area contributed by atoms with Crippen LogP contribution in [0.4, 0.5) is 10.2 Å². The Bertz CT molecular complexity index is 1580. The number of rotatable bonds is 6. The molecule has 1 aliphatic rings. The Morgan fingerprint density at radius 2 is 1.90 bits per heavy atom. The van der Waals surface area contributed by atoms with Gasteiger partial charge in [0.25, 0.3) is 5.91 Å². The summed E-state index contributed by atoms with van der Waals surface area (Å²) in [6.45, 7) is 3.35. The van der Waals surface area contributed by atoms with Crippen molar-refractivity contribution in [1.29, 1.82) is 5.26 Å². The first-order valence-electron chi connectivity index (χ1n) is 13.0. The molecule has 2 aromatic carbocycles. The minimum atomic E-state index is -0.365. The summed E-state index contributed by atoms with van der Waals surface area (Å²) in [4.78, 5) is 26.9. The molecule has 2 aromatic heterocycles. The standard InChI is InChI=1S/C31H31FN6O/c1-19-10-22(13-23(32)11-19)27-17-35-28-8-7-21(25-12-20(15-33)16-36-30(25)37(2)3)14-26(28)29(27)31(39)38(4)18-24-6-5-9-34-24/h7-8,10-14,16-17,24,34H,5-6,9,18H2,1-4H3/t24-/m0/s1. The molecule has 0 bridgehead atoms. The largest absolute Gasteiger partial charge is 0.362 e. The van der Waals surface area contributed by atoms with E-state index >= 15 is 0 Å². The summed E-state index contributed by atoms with van der Waals surface area (Å²) in [7, 11) is 5.60. The fraction of sp³-hybridized carbons (Fsp3) is 0.290. The van der Waals surface area contributed by atoms with E-state index in [2.05, 4.69) is 21.4 Å². The highest BCUT2D eigenvalue weighted by molar-refractivity contribution is 6.12. The van der Waals surface area contributed by atoms with E-state index in [-0.39, 0.29) is 17.8 Å². The number of carbonyl (C=O) groups is 1. The number of likely N-dealkylation sites (N-methyl/N-ethyl adjacent to an activating group) is 1. The maximum Gasteiger partial charge on any atom is 0.255 e. The van der Waals surface area contributed by atoms with Gasteiger partial charge in [0.1, 0.15) is 17.7 Å². The van der Waals surface area contributed by atoms with Crippen molar-refractivity contribution in [1.82, 2.24) is 20.2 Å². The second kappa shape index (κ2) is 10.8. The van der Waals surface area contributed by atoms with E-state index in [9.17, 15) is 14.4 Å². The number of amides is 1. The van der Waals surface area contributed by atoms with Crippen LogP contribution in [0.5, 0.6) is 0 Å². The van der Waals surface area contributed by atoms with Crippen molar-refractivity contribution >= 4 is 22.6 Å². The van der Waals surface area contributed by atoms with E-state index in [0.29, 0.717) is 45.5 Å². The van der Waals surface area contributed by atoms with Gasteiger partial charge in [-0.3, -0.25) is 9.78 Å². The highest BCUT2D eigenvalue weighted by Crippen LogP contribution is 2.36. The van der Waals surface area contributed by atoms with Crippen LogP contribution in [0.15, 0.2) is 54.9 Å². The van der Waals surface area contributed by atoms with Crippen molar-refractivity contribution in [2.24, 2.45) is 0 Å². The van der Waals surface area contributed by atoms with Crippen molar-refractivity contribution in [3.8, 4) is 28.3 Å². The molecule has 1 amide bonds. The molecule has 1 saturated heterocycles. The summed E-state index contributed by atoms with van der Waals surface area (Å²) in [5.41, 5.74) is 5.09. The monoisotopic (exact) mass is 522 g/mol. The number of aromatic nitrogens is 2. The van der Waals surface area contributed by atoms with Crippen LogP contribution in [0.1, 0.15) is 34.3 Å². The summed E-state index contributed by atoms with van der Waals surface area (Å²) in [6, 6.07) is 14.7. The number of nitrogens with one attached hydrogen (secondary N) is 1. The Balaban J connectivity index is 1.73. The normalized spacial score (nSPS) is 14.8. The Kier molecular flexibility index (Phi) is 7.27. The number of carbonyl (C=O) groups excluding carboxylic acids is 1. The third kappa shape index (κ3) is 5.31. The predicted molar refractivity (Wildman–Crippen MR) is 152 cm³/mol. The summed E-state index contributed by atoms with van der Waals surface area (Å²) < 4.78 is 14.5. The number of benzene rings is 2. The maximum atomic E-state index is 14.5. The SMILES string of the molecule is Cc1cc(F)cc(-c2cnc3ccc(-c4cc(C#N)cnc4N(C)C)cc3c2C(=O)N(C)C[C@@H]2CCCN2)c1. The zero-order valence-electron chi connectivity index (χ0n) is 22.6. The van der Waals surface area contributed by atoms with Crippen LogP contribution in [0, 0.1) is 24.1 Å². The number of nitriles is 1. The number of halogens is 1. The van der Waals surface area contributed by atoms with Crippen LogP contribution in [-0.4, -0.2) is 61.0 Å². The lowest BCUT2D eigenvalue weighted by molar-refractivity contribution is 0.0786. The maximum absolute atomic E-state index is 14.5. The molecular formula is C31H31FN6O. The highest BCUT2D eigenvalue weighted by Gasteiger charge is 2.25. The van der Waals surface area contributed by atoms with Gasteiger partial charge in [0.05, 0.1) is 16.6 Å². The number of hydrogen-bond acceptors (Lipinski definition) is 6. The molecule has 0 radical (unpaired) electrons. The van der Waals surface area contributed by atoms with Gasteiger partial charge in [-0.1, -0.05) is 12.1 Å². The smallest absolute Gasteiger partial charge is 0.255 e. The van der Waals surface area contributed by atoms with E-state index in [1.807, 2.05) is 57.2 Å². The van der Waals surface area contributed by atoms with Gasteiger partial charge in [-0.25, -0.2) is 9.37 Å². The van der Waals surface area contributed by atoms with Crippen LogP contribution in [0.3, 0.4) is 0 Å². The topological polar surface area (TPSA) is 85.1 Å². The number of aryl methyl sites for hydroxylation is 1. The Hall–Kier alpha value is -4.35. The molecule has 1 N–H and O–H groups in total. The van der Waals surface area contributed by atoms with Gasteiger partial charge in [-0.05, 0) is 73.3 Å². The molecule has 0 saturated carbocycles. The molecule has 198 valence electrons. The van der Waals surface area contributed by atoms with Gasteiger partial charge < -0.3 is 15.1 Å². The molecule has 4 aromatic rings. The van der Waals surface area contributed by atoms with Crippen LogP contribution >= 0.6 is 0 Å². The quantitative estimate of drug-likeness (QED) is 0.376. The van der Waals surface area contributed by atoms with Gasteiger partial charge >= 0.3 is 0 Å². The first kappa shape index (κ1) is 26.3. The number of pyridine rings is 2. The number of anilines is 1. The van der Waals surface area contributed by atoms with Gasteiger partial charge in [0.2, 0.25) is 0 Å². The summed E-state index contributed by atoms with van der Waals surface area (Å²) >= 11 is 0. The average molecular weight is 523 g/mol. The van der Waals surface area contributed by atoms with Crippen LogP contribution < -0.4 is 10.2 Å². The van der Waals surface area contributed by atoms with Crippen molar-refractivity contribution in [2.45, 2.75) is 25.8 Å². The minimum Gasteiger partial charge on any atom is -0.362 e. The second-order valence-electron chi connectivity index (χ2n) is 10.4. The van der Waals surface area contributed by atoms with E-state index in [1.54, 1.807) is 23.4 Å². The van der Waals surface area contributed by atoms with Gasteiger partial charge in [-0.15, -0.1) is 0 Å². The number of nitrogens with zero attached hydrogens (tertiary/aromatic N) is 5. The minimum absolute atomic E-state index is 0.151. The van der Waals surface area contributed by atoms with Crippen LogP contribution in [-0.2, 0) is 0 Å². The van der Waals surface area contributed by atoms with Crippen LogP contribution in [0.2, 0.25) is 0 Å². The number of hydrogen-bond donors (Lipinski definition) is 1. The van der Waals surface area contributed by atoms with Gasteiger partial charge in [0, 0.05) is 62.6 Å². The predicted octanol–water partition coefficient (Wildman–Crippen LogP) is 5.17. The molecule has 39 heavy (non-hydrogen) atoms. The van der Waals surface area contributed by atoms with E-state index in [4.69, 9.17) is 0 Å². The Labute approximate surface area is 227 Å².